The molecule has 3 aromatic heterocycles. The standard InChI is InChI=1S/C16H10ClN3S2/c17-14-13-11(12-2-1-7-21-12)8-22-16(13)20-15(19-14)9-3-5-10(18)6-4-9/h1-8H,18H2. The average Bonchev–Trinajstić information content (AvgIpc) is 3.16. The molecule has 108 valence electrons. The first-order valence-corrected chi connectivity index (χ1v) is 8.70. The third-order valence-corrected chi connectivity index (χ3v) is 5.39. The van der Waals surface area contributed by atoms with Crippen LogP contribution >= 0.6 is 34.3 Å². The predicted octanol–water partition coefficient (Wildman–Crippen LogP) is 5.32. The molecule has 0 amide bonds. The van der Waals surface area contributed by atoms with Crippen LogP contribution in [0.1, 0.15) is 0 Å². The molecule has 0 fully saturated rings. The molecule has 1 aromatic carbocycles. The maximum Gasteiger partial charge on any atom is 0.162 e. The van der Waals surface area contributed by atoms with Crippen LogP contribution in [0.2, 0.25) is 5.15 Å². The number of benzene rings is 1. The van der Waals surface area contributed by atoms with Gasteiger partial charge in [0.1, 0.15) is 9.98 Å². The summed E-state index contributed by atoms with van der Waals surface area (Å²) in [4.78, 5) is 11.2. The molecular formula is C16H10ClN3S2. The highest BCUT2D eigenvalue weighted by Gasteiger charge is 2.15. The summed E-state index contributed by atoms with van der Waals surface area (Å²) in [6.07, 6.45) is 0. The lowest BCUT2D eigenvalue weighted by Gasteiger charge is -2.03. The van der Waals surface area contributed by atoms with Gasteiger partial charge in [0.2, 0.25) is 0 Å². The minimum atomic E-state index is 0.487. The minimum absolute atomic E-state index is 0.487. The number of aromatic nitrogens is 2. The second-order valence-corrected chi connectivity index (χ2v) is 6.93. The van der Waals surface area contributed by atoms with E-state index in [4.69, 9.17) is 17.3 Å². The molecule has 0 aliphatic heterocycles. The van der Waals surface area contributed by atoms with E-state index in [0.717, 1.165) is 21.3 Å². The minimum Gasteiger partial charge on any atom is -0.399 e. The van der Waals surface area contributed by atoms with Gasteiger partial charge in [-0.2, -0.15) is 0 Å². The van der Waals surface area contributed by atoms with Crippen molar-refractivity contribution >= 4 is 50.2 Å². The monoisotopic (exact) mass is 343 g/mol. The summed E-state index contributed by atoms with van der Waals surface area (Å²) < 4.78 is 0. The van der Waals surface area contributed by atoms with Crippen LogP contribution in [-0.4, -0.2) is 9.97 Å². The van der Waals surface area contributed by atoms with Crippen molar-refractivity contribution in [3.05, 3.63) is 52.3 Å². The molecule has 3 heterocycles. The second-order valence-electron chi connectivity index (χ2n) is 4.77. The summed E-state index contributed by atoms with van der Waals surface area (Å²) in [6, 6.07) is 11.6. The Bertz CT molecular complexity index is 944. The van der Waals surface area contributed by atoms with Crippen molar-refractivity contribution in [1.29, 1.82) is 0 Å². The lowest BCUT2D eigenvalue weighted by Crippen LogP contribution is -1.91. The highest BCUT2D eigenvalue weighted by molar-refractivity contribution is 7.18. The van der Waals surface area contributed by atoms with Gasteiger partial charge in [0.05, 0.1) is 5.39 Å². The Labute approximate surface area is 140 Å². The Kier molecular flexibility index (Phi) is 3.33. The number of hydrogen-bond acceptors (Lipinski definition) is 5. The maximum absolute atomic E-state index is 6.44. The highest BCUT2D eigenvalue weighted by atomic mass is 35.5. The summed E-state index contributed by atoms with van der Waals surface area (Å²) in [5, 5.41) is 5.55. The molecule has 0 saturated carbocycles. The molecule has 0 bridgehead atoms. The Morgan fingerprint density at radius 3 is 2.55 bits per heavy atom. The number of hydrogen-bond donors (Lipinski definition) is 1. The van der Waals surface area contributed by atoms with Crippen molar-refractivity contribution in [1.82, 2.24) is 9.97 Å². The smallest absolute Gasteiger partial charge is 0.162 e. The number of halogens is 1. The zero-order valence-corrected chi connectivity index (χ0v) is 13.7. The first kappa shape index (κ1) is 13.7. The summed E-state index contributed by atoms with van der Waals surface area (Å²) in [6.45, 7) is 0. The van der Waals surface area contributed by atoms with Gasteiger partial charge in [0.25, 0.3) is 0 Å². The molecule has 6 heteroatoms. The first-order valence-electron chi connectivity index (χ1n) is 6.57. The van der Waals surface area contributed by atoms with Crippen molar-refractivity contribution in [2.45, 2.75) is 0 Å². The van der Waals surface area contributed by atoms with Crippen LogP contribution in [0.4, 0.5) is 5.69 Å². The van der Waals surface area contributed by atoms with Crippen LogP contribution in [0.15, 0.2) is 47.2 Å². The molecule has 0 unspecified atom stereocenters. The molecule has 0 saturated heterocycles. The predicted molar refractivity (Wildman–Crippen MR) is 95.6 cm³/mol. The molecular weight excluding hydrogens is 334 g/mol. The zero-order valence-electron chi connectivity index (χ0n) is 11.3. The van der Waals surface area contributed by atoms with Crippen molar-refractivity contribution in [3.8, 4) is 21.8 Å². The molecule has 0 spiro atoms. The maximum atomic E-state index is 6.44. The van der Waals surface area contributed by atoms with Gasteiger partial charge in [-0.15, -0.1) is 22.7 Å². The van der Waals surface area contributed by atoms with Crippen LogP contribution in [0.25, 0.3) is 32.0 Å². The van der Waals surface area contributed by atoms with Gasteiger partial charge in [0, 0.05) is 27.1 Å². The zero-order chi connectivity index (χ0) is 15.1. The van der Waals surface area contributed by atoms with Gasteiger partial charge in [-0.05, 0) is 35.7 Å². The molecule has 2 N–H and O–H groups in total. The number of thiophene rings is 2. The Morgan fingerprint density at radius 1 is 1.00 bits per heavy atom. The quantitative estimate of drug-likeness (QED) is 0.395. The van der Waals surface area contributed by atoms with Crippen LogP contribution in [0.5, 0.6) is 0 Å². The summed E-state index contributed by atoms with van der Waals surface area (Å²) in [7, 11) is 0. The van der Waals surface area contributed by atoms with E-state index in [-0.39, 0.29) is 0 Å². The number of nitrogens with zero attached hydrogens (tertiary/aromatic N) is 2. The van der Waals surface area contributed by atoms with Gasteiger partial charge < -0.3 is 5.73 Å². The fourth-order valence-corrected chi connectivity index (χ4v) is 4.36. The summed E-state index contributed by atoms with van der Waals surface area (Å²) >= 11 is 9.71. The number of rotatable bonds is 2. The SMILES string of the molecule is Nc1ccc(-c2nc(Cl)c3c(-c4cccs4)csc3n2)cc1. The average molecular weight is 344 g/mol. The molecule has 0 radical (unpaired) electrons. The van der Waals surface area contributed by atoms with Gasteiger partial charge in [-0.25, -0.2) is 9.97 Å². The van der Waals surface area contributed by atoms with Crippen molar-refractivity contribution < 1.29 is 0 Å². The van der Waals surface area contributed by atoms with Gasteiger partial charge in [-0.3, -0.25) is 0 Å². The molecule has 0 aliphatic carbocycles. The first-order chi connectivity index (χ1) is 10.7. The van der Waals surface area contributed by atoms with E-state index in [2.05, 4.69) is 26.8 Å². The van der Waals surface area contributed by atoms with Gasteiger partial charge in [0.15, 0.2) is 5.82 Å². The van der Waals surface area contributed by atoms with E-state index in [1.165, 1.54) is 4.88 Å². The lowest BCUT2D eigenvalue weighted by molar-refractivity contribution is 1.24. The van der Waals surface area contributed by atoms with E-state index in [1.807, 2.05) is 30.3 Å². The van der Waals surface area contributed by atoms with E-state index in [9.17, 15) is 0 Å². The van der Waals surface area contributed by atoms with Gasteiger partial charge >= 0.3 is 0 Å². The van der Waals surface area contributed by atoms with Crippen LogP contribution < -0.4 is 5.73 Å². The third-order valence-electron chi connectivity index (χ3n) is 3.34. The normalized spacial score (nSPS) is 11.1. The number of nitrogens with two attached hydrogens (primary N) is 1. The molecule has 3 nitrogen and oxygen atoms in total. The number of anilines is 1. The topological polar surface area (TPSA) is 51.8 Å². The fraction of sp³-hybridized carbons (Fsp3) is 0. The molecule has 0 atom stereocenters. The molecule has 4 rings (SSSR count). The highest BCUT2D eigenvalue weighted by Crippen LogP contribution is 2.39. The summed E-state index contributed by atoms with van der Waals surface area (Å²) in [5.74, 6) is 0.622. The largest absolute Gasteiger partial charge is 0.399 e. The van der Waals surface area contributed by atoms with Crippen molar-refractivity contribution in [2.75, 3.05) is 5.73 Å². The number of fused-ring (bicyclic) bond motifs is 1. The Balaban J connectivity index is 1.90. The Morgan fingerprint density at radius 2 is 1.82 bits per heavy atom. The van der Waals surface area contributed by atoms with E-state index < -0.39 is 0 Å². The summed E-state index contributed by atoms with van der Waals surface area (Å²) in [5.41, 5.74) is 8.44. The van der Waals surface area contributed by atoms with E-state index in [0.29, 0.717) is 16.7 Å². The van der Waals surface area contributed by atoms with Gasteiger partial charge in [-0.1, -0.05) is 17.7 Å². The Hall–Kier alpha value is -1.95. The van der Waals surface area contributed by atoms with E-state index >= 15 is 0 Å². The van der Waals surface area contributed by atoms with E-state index in [1.54, 1.807) is 22.7 Å². The van der Waals surface area contributed by atoms with Crippen LogP contribution in [0, 0.1) is 0 Å². The number of nitrogen functional groups attached to an aromatic ring is 1. The lowest BCUT2D eigenvalue weighted by atomic mass is 10.2. The molecule has 4 aromatic rings. The van der Waals surface area contributed by atoms with Crippen LogP contribution in [0.3, 0.4) is 0 Å². The molecule has 22 heavy (non-hydrogen) atoms. The molecule has 0 aliphatic rings. The van der Waals surface area contributed by atoms with Crippen molar-refractivity contribution in [3.63, 3.8) is 0 Å². The second kappa shape index (κ2) is 5.35. The fourth-order valence-electron chi connectivity index (χ4n) is 2.27. The third kappa shape index (κ3) is 2.27. The van der Waals surface area contributed by atoms with Crippen LogP contribution in [-0.2, 0) is 0 Å². The van der Waals surface area contributed by atoms with Crippen molar-refractivity contribution in [2.24, 2.45) is 0 Å².